The first-order chi connectivity index (χ1) is 6.84. The van der Waals surface area contributed by atoms with Crippen LogP contribution in [0.3, 0.4) is 0 Å². The van der Waals surface area contributed by atoms with Gasteiger partial charge < -0.3 is 20.3 Å². The Morgan fingerprint density at radius 3 is 3.07 bits per heavy atom. The van der Waals surface area contributed by atoms with Gasteiger partial charge in [-0.25, -0.2) is 0 Å². The third-order valence-electron chi connectivity index (χ3n) is 2.00. The summed E-state index contributed by atoms with van der Waals surface area (Å²) in [6.45, 7) is 1.65. The first-order valence-electron chi connectivity index (χ1n) is 4.82. The largest absolute Gasteiger partial charge is 0.511 e. The van der Waals surface area contributed by atoms with Crippen LogP contribution >= 0.6 is 0 Å². The Bertz CT molecular complexity index is 213. The summed E-state index contributed by atoms with van der Waals surface area (Å²) in [7, 11) is 0. The maximum atomic E-state index is 9.44. The van der Waals surface area contributed by atoms with Crippen LogP contribution < -0.4 is 5.32 Å². The number of hydrogen-bond donors (Lipinski definition) is 3. The molecule has 3 N–H and O–H groups in total. The highest BCUT2D eigenvalue weighted by molar-refractivity contribution is 5.18. The van der Waals surface area contributed by atoms with Gasteiger partial charge in [-0.05, 0) is 12.5 Å². The van der Waals surface area contributed by atoms with Gasteiger partial charge in [0.2, 0.25) is 0 Å². The molecule has 1 atom stereocenters. The van der Waals surface area contributed by atoms with E-state index >= 15 is 0 Å². The second kappa shape index (κ2) is 6.59. The lowest BCUT2D eigenvalue weighted by atomic mass is 10.1. The number of rotatable bonds is 6. The standard InChI is InChI=1S/C10H17NO3/c12-6-8-14-7-5-11-9-3-1-2-4-10(9)13/h1-2,4,9,11-13H,3,5-8H2. The van der Waals surface area contributed by atoms with Crippen LogP contribution in [0.25, 0.3) is 0 Å². The van der Waals surface area contributed by atoms with Crippen molar-refractivity contribution >= 4 is 0 Å². The van der Waals surface area contributed by atoms with E-state index in [1.165, 1.54) is 0 Å². The third kappa shape index (κ3) is 3.91. The summed E-state index contributed by atoms with van der Waals surface area (Å²) in [5.74, 6) is 0.370. The maximum Gasteiger partial charge on any atom is 0.109 e. The van der Waals surface area contributed by atoms with Crippen LogP contribution in [0, 0.1) is 0 Å². The smallest absolute Gasteiger partial charge is 0.109 e. The molecule has 80 valence electrons. The van der Waals surface area contributed by atoms with E-state index < -0.39 is 0 Å². The molecule has 0 aromatic rings. The molecular weight excluding hydrogens is 182 g/mol. The molecule has 0 aromatic carbocycles. The van der Waals surface area contributed by atoms with E-state index in [1.807, 2.05) is 12.2 Å². The summed E-state index contributed by atoms with van der Waals surface area (Å²) in [6, 6.07) is 0.0118. The predicted molar refractivity (Wildman–Crippen MR) is 54.2 cm³/mol. The van der Waals surface area contributed by atoms with Gasteiger partial charge in [0.15, 0.2) is 0 Å². The molecule has 0 aromatic heterocycles. The molecule has 0 heterocycles. The number of ether oxygens (including phenoxy) is 1. The van der Waals surface area contributed by atoms with Gasteiger partial charge in [0.05, 0.1) is 25.9 Å². The molecule has 0 radical (unpaired) electrons. The Morgan fingerprint density at radius 1 is 1.50 bits per heavy atom. The van der Waals surface area contributed by atoms with E-state index in [9.17, 15) is 5.11 Å². The lowest BCUT2D eigenvalue weighted by Gasteiger charge is -2.18. The van der Waals surface area contributed by atoms with Gasteiger partial charge in [-0.2, -0.15) is 0 Å². The van der Waals surface area contributed by atoms with Gasteiger partial charge in [-0.3, -0.25) is 0 Å². The number of nitrogens with one attached hydrogen (secondary N) is 1. The Morgan fingerprint density at radius 2 is 2.36 bits per heavy atom. The quantitative estimate of drug-likeness (QED) is 0.540. The minimum Gasteiger partial charge on any atom is -0.511 e. The summed E-state index contributed by atoms with van der Waals surface area (Å²) in [6.07, 6.45) is 6.35. The molecule has 0 spiro atoms. The molecular formula is C10H17NO3. The topological polar surface area (TPSA) is 61.7 Å². The molecule has 0 bridgehead atoms. The fourth-order valence-electron chi connectivity index (χ4n) is 1.28. The van der Waals surface area contributed by atoms with Crippen molar-refractivity contribution in [1.82, 2.24) is 5.32 Å². The first-order valence-corrected chi connectivity index (χ1v) is 4.82. The minimum atomic E-state index is 0.0118. The minimum absolute atomic E-state index is 0.0118. The van der Waals surface area contributed by atoms with E-state index in [-0.39, 0.29) is 12.6 Å². The average Bonchev–Trinajstić information content (AvgIpc) is 2.20. The van der Waals surface area contributed by atoms with Crippen LogP contribution in [0.15, 0.2) is 24.0 Å². The van der Waals surface area contributed by atoms with Crippen LogP contribution in [-0.4, -0.2) is 42.6 Å². The van der Waals surface area contributed by atoms with Crippen LogP contribution in [0.5, 0.6) is 0 Å². The number of aliphatic hydroxyl groups is 2. The molecule has 0 fully saturated rings. The SMILES string of the molecule is OCCOCCNC1CC=CC=C1O. The molecule has 1 unspecified atom stereocenters. The van der Waals surface area contributed by atoms with Crippen molar-refractivity contribution in [3.05, 3.63) is 24.0 Å². The number of aliphatic hydroxyl groups excluding tert-OH is 2. The number of allylic oxidation sites excluding steroid dienone is 2. The summed E-state index contributed by atoms with van der Waals surface area (Å²) in [4.78, 5) is 0. The fourth-order valence-corrected chi connectivity index (χ4v) is 1.28. The molecule has 14 heavy (non-hydrogen) atoms. The lowest BCUT2D eigenvalue weighted by Crippen LogP contribution is -2.34. The maximum absolute atomic E-state index is 9.44. The average molecular weight is 199 g/mol. The van der Waals surface area contributed by atoms with Crippen molar-refractivity contribution in [1.29, 1.82) is 0 Å². The Labute approximate surface area is 83.9 Å². The fraction of sp³-hybridized carbons (Fsp3) is 0.600. The third-order valence-corrected chi connectivity index (χ3v) is 2.00. The van der Waals surface area contributed by atoms with E-state index in [0.29, 0.717) is 25.5 Å². The summed E-state index contributed by atoms with van der Waals surface area (Å²) < 4.78 is 5.08. The zero-order valence-electron chi connectivity index (χ0n) is 8.15. The molecule has 0 saturated heterocycles. The monoisotopic (exact) mass is 199 g/mol. The highest BCUT2D eigenvalue weighted by Crippen LogP contribution is 2.09. The van der Waals surface area contributed by atoms with Crippen molar-refractivity contribution < 1.29 is 14.9 Å². The summed E-state index contributed by atoms with van der Waals surface area (Å²) >= 11 is 0. The zero-order chi connectivity index (χ0) is 10.2. The zero-order valence-corrected chi connectivity index (χ0v) is 8.15. The summed E-state index contributed by atoms with van der Waals surface area (Å²) in [5, 5.41) is 21.0. The van der Waals surface area contributed by atoms with Gasteiger partial charge in [0, 0.05) is 6.54 Å². The Kier molecular flexibility index (Phi) is 5.29. The Hall–Kier alpha value is -0.840. The van der Waals surface area contributed by atoms with E-state index in [1.54, 1.807) is 6.08 Å². The van der Waals surface area contributed by atoms with Crippen molar-refractivity contribution in [3.63, 3.8) is 0 Å². The molecule has 1 rings (SSSR count). The van der Waals surface area contributed by atoms with Crippen molar-refractivity contribution in [3.8, 4) is 0 Å². The highest BCUT2D eigenvalue weighted by atomic mass is 16.5. The van der Waals surface area contributed by atoms with Crippen molar-refractivity contribution in [2.75, 3.05) is 26.4 Å². The summed E-state index contributed by atoms with van der Waals surface area (Å²) in [5.41, 5.74) is 0. The van der Waals surface area contributed by atoms with Crippen LogP contribution in [-0.2, 0) is 4.74 Å². The number of hydrogen-bond acceptors (Lipinski definition) is 4. The lowest BCUT2D eigenvalue weighted by molar-refractivity contribution is 0.0924. The van der Waals surface area contributed by atoms with Gasteiger partial charge in [-0.1, -0.05) is 12.2 Å². The molecule has 1 aliphatic rings. The highest BCUT2D eigenvalue weighted by Gasteiger charge is 2.12. The van der Waals surface area contributed by atoms with Gasteiger partial charge in [0.1, 0.15) is 5.76 Å². The van der Waals surface area contributed by atoms with Crippen LogP contribution in [0.4, 0.5) is 0 Å². The molecule has 4 heteroatoms. The van der Waals surface area contributed by atoms with Gasteiger partial charge in [-0.15, -0.1) is 0 Å². The molecule has 0 aliphatic heterocycles. The normalized spacial score (nSPS) is 20.9. The van der Waals surface area contributed by atoms with Gasteiger partial charge >= 0.3 is 0 Å². The van der Waals surface area contributed by atoms with E-state index in [2.05, 4.69) is 5.32 Å². The Balaban J connectivity index is 2.07. The predicted octanol–water partition coefficient (Wildman–Crippen LogP) is 0.355. The van der Waals surface area contributed by atoms with Gasteiger partial charge in [0.25, 0.3) is 0 Å². The van der Waals surface area contributed by atoms with Crippen molar-refractivity contribution in [2.45, 2.75) is 12.5 Å². The molecule has 0 amide bonds. The molecule has 4 nitrogen and oxygen atoms in total. The molecule has 1 aliphatic carbocycles. The van der Waals surface area contributed by atoms with Crippen LogP contribution in [0.1, 0.15) is 6.42 Å². The van der Waals surface area contributed by atoms with Crippen LogP contribution in [0.2, 0.25) is 0 Å². The second-order valence-electron chi connectivity index (χ2n) is 3.10. The van der Waals surface area contributed by atoms with E-state index in [4.69, 9.17) is 9.84 Å². The first kappa shape index (κ1) is 11.2. The second-order valence-corrected chi connectivity index (χ2v) is 3.10. The van der Waals surface area contributed by atoms with Crippen molar-refractivity contribution in [2.24, 2.45) is 0 Å². The molecule has 0 saturated carbocycles. The van der Waals surface area contributed by atoms with E-state index in [0.717, 1.165) is 6.42 Å².